The molecule has 5 nitrogen and oxygen atoms in total. The van der Waals surface area contributed by atoms with E-state index in [1.54, 1.807) is 13.3 Å². The van der Waals surface area contributed by atoms with E-state index < -0.39 is 0 Å². The van der Waals surface area contributed by atoms with Gasteiger partial charge in [0.1, 0.15) is 0 Å². The summed E-state index contributed by atoms with van der Waals surface area (Å²) in [6, 6.07) is 5.62. The molecule has 1 aromatic rings. The zero-order valence-corrected chi connectivity index (χ0v) is 10.8. The Kier molecular flexibility index (Phi) is 6.64. The standard InChI is InChI=1S/C13H20N2O3/c1-3-8-18-12-5-4-11(9-13(12)17-2)10-15-14-6-7-16/h4-5,9-10,14,16H,3,6-8H2,1-2H3. The second-order valence-electron chi connectivity index (χ2n) is 3.65. The lowest BCUT2D eigenvalue weighted by Crippen LogP contribution is -2.11. The summed E-state index contributed by atoms with van der Waals surface area (Å²) in [4.78, 5) is 0. The summed E-state index contributed by atoms with van der Waals surface area (Å²) in [5.41, 5.74) is 3.62. The number of rotatable bonds is 8. The predicted molar refractivity (Wildman–Crippen MR) is 71.5 cm³/mol. The van der Waals surface area contributed by atoms with Crippen LogP contribution in [0.5, 0.6) is 11.5 Å². The molecule has 1 rings (SSSR count). The number of nitrogens with zero attached hydrogens (tertiary/aromatic N) is 1. The van der Waals surface area contributed by atoms with Gasteiger partial charge in [0, 0.05) is 0 Å². The van der Waals surface area contributed by atoms with Crippen molar-refractivity contribution in [2.24, 2.45) is 5.10 Å². The third kappa shape index (κ3) is 4.63. The number of hydrogen-bond acceptors (Lipinski definition) is 5. The summed E-state index contributed by atoms with van der Waals surface area (Å²) in [6.45, 7) is 3.22. The minimum absolute atomic E-state index is 0.0600. The highest BCUT2D eigenvalue weighted by Crippen LogP contribution is 2.27. The van der Waals surface area contributed by atoms with Gasteiger partial charge in [-0.2, -0.15) is 5.10 Å². The molecule has 0 aliphatic heterocycles. The van der Waals surface area contributed by atoms with Crippen LogP contribution in [0.3, 0.4) is 0 Å². The van der Waals surface area contributed by atoms with Crippen molar-refractivity contribution in [1.82, 2.24) is 5.43 Å². The molecule has 0 aliphatic rings. The molecule has 0 fully saturated rings. The van der Waals surface area contributed by atoms with E-state index in [1.165, 1.54) is 0 Å². The van der Waals surface area contributed by atoms with Crippen LogP contribution in [0, 0.1) is 0 Å². The predicted octanol–water partition coefficient (Wildman–Crippen LogP) is 1.40. The molecule has 2 N–H and O–H groups in total. The third-order valence-corrected chi connectivity index (χ3v) is 2.18. The Morgan fingerprint density at radius 2 is 2.22 bits per heavy atom. The first kappa shape index (κ1) is 14.3. The van der Waals surface area contributed by atoms with Gasteiger partial charge >= 0.3 is 0 Å². The average Bonchev–Trinajstić information content (AvgIpc) is 2.41. The monoisotopic (exact) mass is 252 g/mol. The van der Waals surface area contributed by atoms with Crippen LogP contribution < -0.4 is 14.9 Å². The van der Waals surface area contributed by atoms with E-state index in [2.05, 4.69) is 17.5 Å². The maximum atomic E-state index is 8.59. The number of methoxy groups -OCH3 is 1. The summed E-state index contributed by atoms with van der Waals surface area (Å²) in [5.74, 6) is 1.43. The molecule has 0 spiro atoms. The van der Waals surface area contributed by atoms with E-state index in [9.17, 15) is 0 Å². The van der Waals surface area contributed by atoms with Gasteiger partial charge in [-0.1, -0.05) is 6.92 Å². The average molecular weight is 252 g/mol. The molecular formula is C13H20N2O3. The summed E-state index contributed by atoms with van der Waals surface area (Å²) in [5, 5.41) is 12.6. The number of aliphatic hydroxyl groups is 1. The van der Waals surface area contributed by atoms with Gasteiger partial charge in [0.05, 0.1) is 33.1 Å². The highest BCUT2D eigenvalue weighted by atomic mass is 16.5. The fourth-order valence-corrected chi connectivity index (χ4v) is 1.33. The van der Waals surface area contributed by atoms with Gasteiger partial charge in [-0.05, 0) is 30.2 Å². The number of benzene rings is 1. The Balaban J connectivity index is 2.68. The first-order valence-corrected chi connectivity index (χ1v) is 5.99. The number of nitrogens with one attached hydrogen (secondary N) is 1. The largest absolute Gasteiger partial charge is 0.493 e. The van der Waals surface area contributed by atoms with Crippen molar-refractivity contribution in [1.29, 1.82) is 0 Å². The second kappa shape index (κ2) is 8.36. The summed E-state index contributed by atoms with van der Waals surface area (Å²) in [6.07, 6.45) is 2.62. The highest BCUT2D eigenvalue weighted by molar-refractivity contribution is 5.80. The summed E-state index contributed by atoms with van der Waals surface area (Å²) in [7, 11) is 1.61. The van der Waals surface area contributed by atoms with Crippen LogP contribution in [-0.4, -0.2) is 38.2 Å². The van der Waals surface area contributed by atoms with Crippen LogP contribution in [0.2, 0.25) is 0 Å². The van der Waals surface area contributed by atoms with Crippen molar-refractivity contribution in [3.05, 3.63) is 23.8 Å². The van der Waals surface area contributed by atoms with Crippen molar-refractivity contribution in [2.45, 2.75) is 13.3 Å². The zero-order valence-electron chi connectivity index (χ0n) is 10.8. The maximum absolute atomic E-state index is 8.59. The molecule has 0 radical (unpaired) electrons. The van der Waals surface area contributed by atoms with E-state index in [4.69, 9.17) is 14.6 Å². The molecule has 0 amide bonds. The number of hydrazone groups is 1. The topological polar surface area (TPSA) is 63.1 Å². The zero-order chi connectivity index (χ0) is 13.2. The van der Waals surface area contributed by atoms with Crippen molar-refractivity contribution in [3.8, 4) is 11.5 Å². The van der Waals surface area contributed by atoms with E-state index >= 15 is 0 Å². The molecule has 1 aromatic carbocycles. The van der Waals surface area contributed by atoms with E-state index in [-0.39, 0.29) is 6.61 Å². The summed E-state index contributed by atoms with van der Waals surface area (Å²) >= 11 is 0. The number of aliphatic hydroxyl groups excluding tert-OH is 1. The molecule has 18 heavy (non-hydrogen) atoms. The minimum atomic E-state index is 0.0600. The lowest BCUT2D eigenvalue weighted by atomic mass is 10.2. The van der Waals surface area contributed by atoms with E-state index in [1.807, 2.05) is 18.2 Å². The molecule has 0 saturated carbocycles. The molecular weight excluding hydrogens is 232 g/mol. The Morgan fingerprint density at radius 1 is 1.39 bits per heavy atom. The Hall–Kier alpha value is -1.75. The molecule has 5 heteroatoms. The van der Waals surface area contributed by atoms with Crippen LogP contribution >= 0.6 is 0 Å². The Morgan fingerprint density at radius 3 is 2.89 bits per heavy atom. The first-order chi connectivity index (χ1) is 8.81. The molecule has 0 aliphatic carbocycles. The lowest BCUT2D eigenvalue weighted by Gasteiger charge is -2.10. The first-order valence-electron chi connectivity index (χ1n) is 5.99. The SMILES string of the molecule is CCCOc1ccc(C=NNCCO)cc1OC. The van der Waals surface area contributed by atoms with Gasteiger partial charge in [-0.3, -0.25) is 0 Å². The van der Waals surface area contributed by atoms with Crippen LogP contribution in [0.15, 0.2) is 23.3 Å². The van der Waals surface area contributed by atoms with Crippen molar-refractivity contribution in [2.75, 3.05) is 26.9 Å². The van der Waals surface area contributed by atoms with Crippen molar-refractivity contribution < 1.29 is 14.6 Å². The normalized spacial score (nSPS) is 10.6. The summed E-state index contributed by atoms with van der Waals surface area (Å²) < 4.78 is 10.8. The fraction of sp³-hybridized carbons (Fsp3) is 0.462. The van der Waals surface area contributed by atoms with Crippen LogP contribution in [0.25, 0.3) is 0 Å². The molecule has 0 unspecified atom stereocenters. The van der Waals surface area contributed by atoms with Crippen LogP contribution in [0.1, 0.15) is 18.9 Å². The van der Waals surface area contributed by atoms with Crippen LogP contribution in [0.4, 0.5) is 0 Å². The van der Waals surface area contributed by atoms with Gasteiger partial charge < -0.3 is 20.0 Å². The van der Waals surface area contributed by atoms with Gasteiger partial charge in [-0.25, -0.2) is 0 Å². The molecule has 0 aromatic heterocycles. The maximum Gasteiger partial charge on any atom is 0.161 e. The number of hydrogen-bond donors (Lipinski definition) is 2. The molecule has 100 valence electrons. The third-order valence-electron chi connectivity index (χ3n) is 2.18. The minimum Gasteiger partial charge on any atom is -0.493 e. The smallest absolute Gasteiger partial charge is 0.161 e. The molecule has 0 heterocycles. The Labute approximate surface area is 107 Å². The second-order valence-corrected chi connectivity index (χ2v) is 3.65. The van der Waals surface area contributed by atoms with Gasteiger partial charge in [0.2, 0.25) is 0 Å². The van der Waals surface area contributed by atoms with E-state index in [0.717, 1.165) is 17.7 Å². The highest BCUT2D eigenvalue weighted by Gasteiger charge is 2.04. The number of ether oxygens (including phenoxy) is 2. The fourth-order valence-electron chi connectivity index (χ4n) is 1.33. The molecule has 0 bridgehead atoms. The lowest BCUT2D eigenvalue weighted by molar-refractivity contribution is 0.293. The van der Waals surface area contributed by atoms with Gasteiger partial charge in [-0.15, -0.1) is 0 Å². The van der Waals surface area contributed by atoms with Gasteiger partial charge in [0.25, 0.3) is 0 Å². The molecule has 0 atom stereocenters. The van der Waals surface area contributed by atoms with Gasteiger partial charge in [0.15, 0.2) is 11.5 Å². The van der Waals surface area contributed by atoms with Crippen molar-refractivity contribution >= 4 is 6.21 Å². The Bertz CT molecular complexity index is 380. The quantitative estimate of drug-likeness (QED) is 0.417. The van der Waals surface area contributed by atoms with E-state index in [0.29, 0.717) is 18.9 Å². The van der Waals surface area contributed by atoms with Crippen LogP contribution in [-0.2, 0) is 0 Å². The van der Waals surface area contributed by atoms with Crippen molar-refractivity contribution in [3.63, 3.8) is 0 Å². The molecule has 0 saturated heterocycles.